The molecule has 3 rings (SSSR count). The minimum atomic E-state index is 0. The van der Waals surface area contributed by atoms with Gasteiger partial charge in [0, 0.05) is 43.7 Å². The highest BCUT2D eigenvalue weighted by atomic mass is 35.5. The zero-order valence-electron chi connectivity index (χ0n) is 12.0. The smallest absolute Gasteiger partial charge is 0.250 e. The molecule has 1 aromatic heterocycles. The second kappa shape index (κ2) is 6.62. The number of nitrogens with two attached hydrogens (primary N) is 1. The number of aromatic nitrogens is 1. The third-order valence-corrected chi connectivity index (χ3v) is 4.43. The molecule has 5 nitrogen and oxygen atoms in total. The van der Waals surface area contributed by atoms with Crippen molar-refractivity contribution in [2.24, 2.45) is 11.7 Å². The number of pyridine rings is 1. The number of amides is 1. The minimum Gasteiger partial charge on any atom is -0.342 e. The molecule has 0 aromatic carbocycles. The number of likely N-dealkylation sites (tertiary alicyclic amines) is 1. The summed E-state index contributed by atoms with van der Waals surface area (Å²) in [5.74, 6) is 0.915. The molecule has 0 spiro atoms. The van der Waals surface area contributed by atoms with E-state index in [9.17, 15) is 9.59 Å². The van der Waals surface area contributed by atoms with Crippen LogP contribution in [0.3, 0.4) is 0 Å². The number of fused-ring (bicyclic) bond motifs is 4. The summed E-state index contributed by atoms with van der Waals surface area (Å²) in [5, 5.41) is 0. The van der Waals surface area contributed by atoms with E-state index in [1.165, 1.54) is 0 Å². The molecule has 1 fully saturated rings. The van der Waals surface area contributed by atoms with Crippen LogP contribution >= 0.6 is 12.4 Å². The molecular formula is C15H22ClN3O2. The van der Waals surface area contributed by atoms with E-state index in [4.69, 9.17) is 5.73 Å². The highest BCUT2D eigenvalue weighted by Crippen LogP contribution is 2.35. The Morgan fingerprint density at radius 2 is 2.10 bits per heavy atom. The van der Waals surface area contributed by atoms with E-state index in [2.05, 4.69) is 0 Å². The largest absolute Gasteiger partial charge is 0.342 e. The van der Waals surface area contributed by atoms with Crippen LogP contribution in [0.15, 0.2) is 23.0 Å². The van der Waals surface area contributed by atoms with Gasteiger partial charge in [-0.3, -0.25) is 9.59 Å². The maximum Gasteiger partial charge on any atom is 0.250 e. The standard InChI is InChI=1S/C15H21N3O2.ClH/c16-6-2-5-14(19)17-8-11-7-12(10-17)13-3-1-4-15(20)18(13)9-11;/h1,3-4,11-12H,2,5-10,16H2;1H/t11-,12+;/m1./s1. The van der Waals surface area contributed by atoms with Crippen molar-refractivity contribution in [3.8, 4) is 0 Å². The summed E-state index contributed by atoms with van der Waals surface area (Å²) >= 11 is 0. The van der Waals surface area contributed by atoms with Crippen LogP contribution < -0.4 is 11.3 Å². The predicted molar refractivity (Wildman–Crippen MR) is 83.7 cm³/mol. The first-order chi connectivity index (χ1) is 9.69. The maximum absolute atomic E-state index is 12.2. The number of rotatable bonds is 3. The third kappa shape index (κ3) is 3.14. The number of hydrogen-bond donors (Lipinski definition) is 1. The van der Waals surface area contributed by atoms with E-state index in [0.29, 0.717) is 24.8 Å². The van der Waals surface area contributed by atoms with Crippen LogP contribution in [-0.4, -0.2) is 35.0 Å². The molecule has 2 aliphatic heterocycles. The van der Waals surface area contributed by atoms with Crippen molar-refractivity contribution in [2.45, 2.75) is 31.7 Å². The van der Waals surface area contributed by atoms with Crippen molar-refractivity contribution in [3.05, 3.63) is 34.2 Å². The first-order valence-electron chi connectivity index (χ1n) is 7.36. The Hall–Kier alpha value is -1.33. The van der Waals surface area contributed by atoms with Crippen molar-refractivity contribution < 1.29 is 4.79 Å². The second-order valence-electron chi connectivity index (χ2n) is 5.89. The molecule has 0 aliphatic carbocycles. The van der Waals surface area contributed by atoms with Crippen molar-refractivity contribution in [1.82, 2.24) is 9.47 Å². The van der Waals surface area contributed by atoms with E-state index in [1.807, 2.05) is 21.6 Å². The van der Waals surface area contributed by atoms with Gasteiger partial charge in [-0.2, -0.15) is 0 Å². The lowest BCUT2D eigenvalue weighted by atomic mass is 9.83. The molecule has 0 unspecified atom stereocenters. The topological polar surface area (TPSA) is 68.3 Å². The average molecular weight is 312 g/mol. The first-order valence-corrected chi connectivity index (χ1v) is 7.36. The highest BCUT2D eigenvalue weighted by Gasteiger charge is 2.35. The number of piperidine rings is 1. The van der Waals surface area contributed by atoms with Crippen LogP contribution in [0, 0.1) is 5.92 Å². The van der Waals surface area contributed by atoms with Gasteiger partial charge < -0.3 is 15.2 Å². The Kier molecular flexibility index (Phi) is 5.06. The third-order valence-electron chi connectivity index (χ3n) is 4.43. The summed E-state index contributed by atoms with van der Waals surface area (Å²) in [5.41, 5.74) is 6.64. The lowest BCUT2D eigenvalue weighted by Crippen LogP contribution is -2.49. The summed E-state index contributed by atoms with van der Waals surface area (Å²) < 4.78 is 1.89. The van der Waals surface area contributed by atoms with E-state index >= 15 is 0 Å². The monoisotopic (exact) mass is 311 g/mol. The molecule has 1 aromatic rings. The van der Waals surface area contributed by atoms with Crippen LogP contribution in [0.5, 0.6) is 0 Å². The van der Waals surface area contributed by atoms with Crippen LogP contribution in [0.4, 0.5) is 0 Å². The van der Waals surface area contributed by atoms with Crippen molar-refractivity contribution in [2.75, 3.05) is 19.6 Å². The molecular weight excluding hydrogens is 290 g/mol. The normalized spacial score (nSPS) is 23.2. The van der Waals surface area contributed by atoms with Crippen LogP contribution in [0.2, 0.25) is 0 Å². The van der Waals surface area contributed by atoms with Gasteiger partial charge in [0.15, 0.2) is 0 Å². The van der Waals surface area contributed by atoms with E-state index in [-0.39, 0.29) is 23.9 Å². The quantitative estimate of drug-likeness (QED) is 0.904. The van der Waals surface area contributed by atoms with Gasteiger partial charge in [0.25, 0.3) is 5.56 Å². The van der Waals surface area contributed by atoms with Crippen LogP contribution in [0.25, 0.3) is 0 Å². The zero-order valence-corrected chi connectivity index (χ0v) is 12.8. The SMILES string of the molecule is Cl.NCCCC(=O)N1C[C@H]2C[C@@H](C1)c1cccc(=O)n1C2. The molecule has 0 saturated carbocycles. The van der Waals surface area contributed by atoms with Crippen molar-refractivity contribution in [1.29, 1.82) is 0 Å². The molecule has 1 amide bonds. The fourth-order valence-electron chi connectivity index (χ4n) is 3.51. The molecule has 2 atom stereocenters. The molecule has 116 valence electrons. The molecule has 1 saturated heterocycles. The van der Waals surface area contributed by atoms with Crippen LogP contribution in [-0.2, 0) is 11.3 Å². The number of nitrogens with zero attached hydrogens (tertiary/aromatic N) is 2. The Morgan fingerprint density at radius 1 is 1.29 bits per heavy atom. The molecule has 2 bridgehead atoms. The minimum absolute atomic E-state index is 0. The summed E-state index contributed by atoms with van der Waals surface area (Å²) in [4.78, 5) is 26.1. The van der Waals surface area contributed by atoms with Gasteiger partial charge in [-0.05, 0) is 31.4 Å². The number of halogens is 1. The van der Waals surface area contributed by atoms with Gasteiger partial charge in [0.1, 0.15) is 0 Å². The van der Waals surface area contributed by atoms with Gasteiger partial charge in [-0.1, -0.05) is 6.07 Å². The molecule has 2 aliphatic rings. The van der Waals surface area contributed by atoms with E-state index in [1.54, 1.807) is 6.07 Å². The van der Waals surface area contributed by atoms with Gasteiger partial charge >= 0.3 is 0 Å². The molecule has 0 radical (unpaired) electrons. The maximum atomic E-state index is 12.2. The van der Waals surface area contributed by atoms with Crippen molar-refractivity contribution >= 4 is 18.3 Å². The predicted octanol–water partition coefficient (Wildman–Crippen LogP) is 0.955. The Labute approximate surface area is 130 Å². The summed E-state index contributed by atoms with van der Waals surface area (Å²) in [6, 6.07) is 5.47. The van der Waals surface area contributed by atoms with Gasteiger partial charge in [-0.25, -0.2) is 0 Å². The van der Waals surface area contributed by atoms with E-state index in [0.717, 1.165) is 38.2 Å². The summed E-state index contributed by atoms with van der Waals surface area (Å²) in [6.45, 7) is 2.82. The Balaban J connectivity index is 0.00000161. The summed E-state index contributed by atoms with van der Waals surface area (Å²) in [7, 11) is 0. The molecule has 21 heavy (non-hydrogen) atoms. The van der Waals surface area contributed by atoms with Gasteiger partial charge in [-0.15, -0.1) is 12.4 Å². The average Bonchev–Trinajstić information content (AvgIpc) is 2.46. The van der Waals surface area contributed by atoms with Crippen molar-refractivity contribution in [3.63, 3.8) is 0 Å². The van der Waals surface area contributed by atoms with E-state index < -0.39 is 0 Å². The summed E-state index contributed by atoms with van der Waals surface area (Å²) in [6.07, 6.45) is 2.38. The molecule has 2 N–H and O–H groups in total. The highest BCUT2D eigenvalue weighted by molar-refractivity contribution is 5.85. The fraction of sp³-hybridized carbons (Fsp3) is 0.600. The fourth-order valence-corrected chi connectivity index (χ4v) is 3.51. The van der Waals surface area contributed by atoms with Crippen LogP contribution in [0.1, 0.15) is 30.9 Å². The van der Waals surface area contributed by atoms with Gasteiger partial charge in [0.05, 0.1) is 0 Å². The number of carbonyl (C=O) groups is 1. The lowest BCUT2D eigenvalue weighted by molar-refractivity contribution is -0.134. The first kappa shape index (κ1) is 16.0. The second-order valence-corrected chi connectivity index (χ2v) is 5.89. The Bertz CT molecular complexity index is 572. The number of hydrogen-bond acceptors (Lipinski definition) is 3. The Morgan fingerprint density at radius 3 is 2.86 bits per heavy atom. The van der Waals surface area contributed by atoms with Gasteiger partial charge in [0.2, 0.25) is 5.91 Å². The zero-order chi connectivity index (χ0) is 14.1. The molecule has 3 heterocycles. The number of carbonyl (C=O) groups excluding carboxylic acids is 1. The molecule has 6 heteroatoms. The lowest BCUT2D eigenvalue weighted by Gasteiger charge is -2.42.